The zero-order chi connectivity index (χ0) is 25.9. The van der Waals surface area contributed by atoms with E-state index in [1.807, 2.05) is 4.72 Å². The van der Waals surface area contributed by atoms with Gasteiger partial charge in [-0.05, 0) is 74.4 Å². The van der Waals surface area contributed by atoms with Crippen LogP contribution in [-0.4, -0.2) is 55.3 Å². The molecule has 1 aromatic heterocycles. The molecule has 0 bridgehead atoms. The third-order valence-corrected chi connectivity index (χ3v) is 5.89. The van der Waals surface area contributed by atoms with E-state index in [2.05, 4.69) is 20.6 Å². The normalized spacial score (nSPS) is 18.5. The third kappa shape index (κ3) is 9.14. The van der Waals surface area contributed by atoms with Crippen LogP contribution in [0.3, 0.4) is 0 Å². The third-order valence-electron chi connectivity index (χ3n) is 5.01. The lowest BCUT2D eigenvalue weighted by atomic mass is 9.78. The number of aliphatic hydroxyl groups is 3. The summed E-state index contributed by atoms with van der Waals surface area (Å²) in [6.07, 6.45) is -5.45. The molecule has 1 aliphatic carbocycles. The fourth-order valence-electron chi connectivity index (χ4n) is 3.41. The van der Waals surface area contributed by atoms with E-state index in [1.54, 1.807) is 36.7 Å². The van der Waals surface area contributed by atoms with Crippen molar-refractivity contribution in [2.24, 2.45) is 0 Å². The summed E-state index contributed by atoms with van der Waals surface area (Å²) in [6.45, 7) is 2.58. The number of alkyl halides is 3. The smallest absolute Gasteiger partial charge is 0.407 e. The molecule has 14 heteroatoms. The van der Waals surface area contributed by atoms with Crippen LogP contribution in [0.4, 0.5) is 29.6 Å². The number of amides is 1. The predicted octanol–water partition coefficient (Wildman–Crippen LogP) is 3.11. The van der Waals surface area contributed by atoms with E-state index in [-0.39, 0.29) is 5.92 Å². The van der Waals surface area contributed by atoms with Gasteiger partial charge in [0, 0.05) is 28.5 Å². The maximum absolute atomic E-state index is 12.6. The molecule has 1 fully saturated rings. The van der Waals surface area contributed by atoms with Gasteiger partial charge in [-0.3, -0.25) is 0 Å². The number of hydrogen-bond acceptors (Lipinski definition) is 10. The highest BCUT2D eigenvalue weighted by atomic mass is 32.2. The number of ether oxygens (including phenoxy) is 1. The molecule has 1 heterocycles. The van der Waals surface area contributed by atoms with Gasteiger partial charge in [0.15, 0.2) is 0 Å². The molecule has 0 radical (unpaired) electrons. The van der Waals surface area contributed by atoms with Crippen molar-refractivity contribution in [3.05, 3.63) is 42.2 Å². The number of alkyl carbamates (subject to hydrolysis) is 1. The molecule has 1 aliphatic rings. The second-order valence-electron chi connectivity index (χ2n) is 8.83. The van der Waals surface area contributed by atoms with Gasteiger partial charge in [0.05, 0.1) is 6.42 Å². The van der Waals surface area contributed by atoms with E-state index in [9.17, 15) is 18.0 Å². The van der Waals surface area contributed by atoms with Gasteiger partial charge in [-0.2, -0.15) is 17.9 Å². The van der Waals surface area contributed by atoms with E-state index in [4.69, 9.17) is 20.1 Å². The molecular formula is C21H26F3N5O5S. The van der Waals surface area contributed by atoms with Gasteiger partial charge in [0.25, 0.3) is 0 Å². The molecule has 1 amide bonds. The number of rotatable bonds is 9. The van der Waals surface area contributed by atoms with Crippen molar-refractivity contribution in [3.63, 3.8) is 0 Å². The summed E-state index contributed by atoms with van der Waals surface area (Å²) in [6, 6.07) is 6.78. The summed E-state index contributed by atoms with van der Waals surface area (Å²) in [7, 11) is 0. The second-order valence-corrected chi connectivity index (χ2v) is 9.71. The number of anilines is 2. The van der Waals surface area contributed by atoms with Gasteiger partial charge < -0.3 is 30.7 Å². The molecule has 0 unspecified atom stereocenters. The average molecular weight is 518 g/mol. The van der Waals surface area contributed by atoms with Gasteiger partial charge in [0.2, 0.25) is 5.95 Å². The Morgan fingerprint density at radius 3 is 2.26 bits per heavy atom. The van der Waals surface area contributed by atoms with E-state index in [1.165, 1.54) is 13.8 Å². The van der Waals surface area contributed by atoms with Crippen LogP contribution in [0.15, 0.2) is 41.6 Å². The van der Waals surface area contributed by atoms with Crippen LogP contribution >= 0.6 is 11.9 Å². The lowest BCUT2D eigenvalue weighted by molar-refractivity contribution is -0.317. The van der Waals surface area contributed by atoms with Crippen molar-refractivity contribution in [1.82, 2.24) is 20.0 Å². The number of nitrogens with zero attached hydrogens (tertiary/aromatic N) is 2. The highest BCUT2D eigenvalue weighted by Gasteiger charge is 2.39. The lowest BCUT2D eigenvalue weighted by Gasteiger charge is -2.35. The molecule has 10 nitrogen and oxygen atoms in total. The Hall–Kier alpha value is -2.65. The molecule has 35 heavy (non-hydrogen) atoms. The first-order valence-corrected chi connectivity index (χ1v) is 11.3. The monoisotopic (exact) mass is 517 g/mol. The second kappa shape index (κ2) is 10.5. The summed E-state index contributed by atoms with van der Waals surface area (Å²) in [5, 5.41) is 31.8. The molecule has 3 rings (SSSR count). The summed E-state index contributed by atoms with van der Waals surface area (Å²) in [4.78, 5) is 21.1. The lowest BCUT2D eigenvalue weighted by Crippen LogP contribution is -2.48. The number of benzene rings is 1. The summed E-state index contributed by atoms with van der Waals surface area (Å²) >= 11 is 0.825. The van der Waals surface area contributed by atoms with Crippen molar-refractivity contribution in [1.29, 1.82) is 0 Å². The number of carbonyl (C=O) groups excluding carboxylic acids is 1. The average Bonchev–Trinajstić information content (AvgIpc) is 2.68. The van der Waals surface area contributed by atoms with E-state index in [0.717, 1.165) is 17.5 Å². The minimum absolute atomic E-state index is 0.0746. The van der Waals surface area contributed by atoms with Crippen LogP contribution in [0.5, 0.6) is 0 Å². The molecule has 1 aromatic carbocycles. The molecule has 0 spiro atoms. The molecule has 0 aliphatic heterocycles. The maximum atomic E-state index is 12.6. The van der Waals surface area contributed by atoms with Crippen molar-refractivity contribution < 1.29 is 38.0 Å². The van der Waals surface area contributed by atoms with Crippen LogP contribution in [0.2, 0.25) is 0 Å². The van der Waals surface area contributed by atoms with Crippen LogP contribution in [-0.2, 0) is 4.74 Å². The van der Waals surface area contributed by atoms with E-state index < -0.39 is 36.4 Å². The number of halogens is 3. The quantitative estimate of drug-likeness (QED) is 0.216. The zero-order valence-electron chi connectivity index (χ0n) is 18.8. The Bertz CT molecular complexity index is 994. The fourth-order valence-corrected chi connectivity index (χ4v) is 3.94. The fraction of sp³-hybridized carbons (Fsp3) is 0.476. The molecule has 0 atom stereocenters. The van der Waals surface area contributed by atoms with Crippen LogP contribution in [0.25, 0.3) is 0 Å². The van der Waals surface area contributed by atoms with Crippen molar-refractivity contribution >= 4 is 29.7 Å². The Morgan fingerprint density at radius 2 is 1.71 bits per heavy atom. The van der Waals surface area contributed by atoms with Crippen molar-refractivity contribution in [2.75, 3.05) is 5.32 Å². The first-order chi connectivity index (χ1) is 16.2. The standard InChI is InChI=1S/C21H26F3N5O5S/c1-19(2,11-20(22,23)24)28-18(30)34-15-7-12(8-15)13-9-25-17(26-10-13)27-14-3-5-16(6-4-14)35-29-21(31,32)33/h3-6,9-10,12,15,29,31-33H,7-8,11H2,1-2H3,(H,28,30)(H,25,26,27). The highest BCUT2D eigenvalue weighted by Crippen LogP contribution is 2.38. The predicted molar refractivity (Wildman–Crippen MR) is 120 cm³/mol. The van der Waals surface area contributed by atoms with Gasteiger partial charge in [-0.25, -0.2) is 14.8 Å². The van der Waals surface area contributed by atoms with Gasteiger partial charge in [0.1, 0.15) is 6.10 Å². The number of hydrogen-bond donors (Lipinski definition) is 6. The largest absolute Gasteiger partial charge is 0.446 e. The number of aromatic nitrogens is 2. The first kappa shape index (κ1) is 26.9. The molecule has 1 saturated carbocycles. The minimum atomic E-state index is -4.39. The zero-order valence-corrected chi connectivity index (χ0v) is 19.7. The molecule has 192 valence electrons. The topological polar surface area (TPSA) is 149 Å². The Kier molecular flexibility index (Phi) is 8.11. The van der Waals surface area contributed by atoms with Crippen LogP contribution < -0.4 is 15.4 Å². The van der Waals surface area contributed by atoms with E-state index in [0.29, 0.717) is 29.4 Å². The number of carbonyl (C=O) groups is 1. The summed E-state index contributed by atoms with van der Waals surface area (Å²) < 4.78 is 45.0. The van der Waals surface area contributed by atoms with Gasteiger partial charge in [-0.15, -0.1) is 0 Å². The Balaban J connectivity index is 1.43. The van der Waals surface area contributed by atoms with E-state index >= 15 is 0 Å². The van der Waals surface area contributed by atoms with Crippen molar-refractivity contribution in [2.45, 2.75) is 67.8 Å². The summed E-state index contributed by atoms with van der Waals surface area (Å²) in [5.74, 6) is 0.427. The van der Waals surface area contributed by atoms with Gasteiger partial charge in [-0.1, -0.05) is 0 Å². The minimum Gasteiger partial charge on any atom is -0.446 e. The van der Waals surface area contributed by atoms with Crippen LogP contribution in [0.1, 0.15) is 44.6 Å². The Labute approximate surface area is 203 Å². The maximum Gasteiger partial charge on any atom is 0.407 e. The molecule has 6 N–H and O–H groups in total. The molecule has 0 saturated heterocycles. The SMILES string of the molecule is CC(C)(CC(F)(F)F)NC(=O)OC1CC(c2cnc(Nc3ccc(SNC(O)(O)O)cc3)nc2)C1. The van der Waals surface area contributed by atoms with Gasteiger partial charge >= 0.3 is 18.4 Å². The molecular weight excluding hydrogens is 491 g/mol. The summed E-state index contributed by atoms with van der Waals surface area (Å²) in [5.41, 5.74) is 0.0727. The van der Waals surface area contributed by atoms with Crippen molar-refractivity contribution in [3.8, 4) is 0 Å². The molecule has 2 aromatic rings. The Morgan fingerprint density at radius 1 is 1.11 bits per heavy atom. The highest BCUT2D eigenvalue weighted by molar-refractivity contribution is 7.97. The number of nitrogens with one attached hydrogen (secondary N) is 3. The van der Waals surface area contributed by atoms with Crippen LogP contribution in [0, 0.1) is 0 Å². The first-order valence-electron chi connectivity index (χ1n) is 10.5.